The molecule has 0 aliphatic carbocycles. The standard InChI is InChI=1S/C11H19FN4/c1-11(12,9-4-3-5-13-7-9)6-10-8-16(2)15-14-10/h8-9,13H,3-7H2,1-2H3. The van der Waals surface area contributed by atoms with Crippen LogP contribution in [0.5, 0.6) is 0 Å². The van der Waals surface area contributed by atoms with Crippen molar-refractivity contribution in [1.82, 2.24) is 20.3 Å². The van der Waals surface area contributed by atoms with Crippen molar-refractivity contribution in [3.63, 3.8) is 0 Å². The first kappa shape index (κ1) is 11.5. The molecule has 1 aromatic rings. The summed E-state index contributed by atoms with van der Waals surface area (Å²) in [5.74, 6) is 0.0863. The van der Waals surface area contributed by atoms with Crippen LogP contribution in [-0.2, 0) is 13.5 Å². The summed E-state index contributed by atoms with van der Waals surface area (Å²) in [5, 5.41) is 11.0. The Morgan fingerprint density at radius 3 is 3.06 bits per heavy atom. The molecule has 2 rings (SSSR count). The first-order valence-electron chi connectivity index (χ1n) is 5.83. The highest BCUT2D eigenvalue weighted by Crippen LogP contribution is 2.30. The third-order valence-corrected chi connectivity index (χ3v) is 3.32. The molecular weight excluding hydrogens is 207 g/mol. The molecule has 0 spiro atoms. The van der Waals surface area contributed by atoms with Crippen LogP contribution in [0, 0.1) is 5.92 Å². The van der Waals surface area contributed by atoms with E-state index < -0.39 is 5.67 Å². The second-order valence-electron chi connectivity index (χ2n) is 4.88. The Morgan fingerprint density at radius 1 is 1.69 bits per heavy atom. The van der Waals surface area contributed by atoms with Crippen molar-refractivity contribution < 1.29 is 4.39 Å². The van der Waals surface area contributed by atoms with Crippen LogP contribution < -0.4 is 5.32 Å². The van der Waals surface area contributed by atoms with Crippen molar-refractivity contribution in [3.05, 3.63) is 11.9 Å². The number of nitrogens with one attached hydrogen (secondary N) is 1. The maximum Gasteiger partial charge on any atom is 0.117 e. The predicted molar refractivity (Wildman–Crippen MR) is 59.8 cm³/mol. The molecule has 4 nitrogen and oxygen atoms in total. The fourth-order valence-corrected chi connectivity index (χ4v) is 2.34. The summed E-state index contributed by atoms with van der Waals surface area (Å²) in [5.41, 5.74) is -0.457. The summed E-state index contributed by atoms with van der Waals surface area (Å²) in [6.07, 6.45) is 4.16. The van der Waals surface area contributed by atoms with Gasteiger partial charge in [0.05, 0.1) is 5.69 Å². The number of alkyl halides is 1. The quantitative estimate of drug-likeness (QED) is 0.839. The van der Waals surface area contributed by atoms with E-state index in [2.05, 4.69) is 15.6 Å². The zero-order valence-corrected chi connectivity index (χ0v) is 9.91. The number of nitrogens with zero attached hydrogens (tertiary/aromatic N) is 3. The minimum absolute atomic E-state index is 0.0863. The van der Waals surface area contributed by atoms with Gasteiger partial charge >= 0.3 is 0 Å². The Kier molecular flexibility index (Phi) is 3.23. The van der Waals surface area contributed by atoms with E-state index in [0.717, 1.165) is 31.6 Å². The number of piperidine rings is 1. The fourth-order valence-electron chi connectivity index (χ4n) is 2.34. The smallest absolute Gasteiger partial charge is 0.117 e. The fraction of sp³-hybridized carbons (Fsp3) is 0.818. The van der Waals surface area contributed by atoms with Crippen LogP contribution in [0.2, 0.25) is 0 Å². The molecule has 0 amide bonds. The van der Waals surface area contributed by atoms with E-state index in [0.29, 0.717) is 6.42 Å². The Labute approximate surface area is 95.2 Å². The summed E-state index contributed by atoms with van der Waals surface area (Å²) >= 11 is 0. The van der Waals surface area contributed by atoms with Gasteiger partial charge in [-0.05, 0) is 26.3 Å². The van der Waals surface area contributed by atoms with Crippen LogP contribution in [0.15, 0.2) is 6.20 Å². The van der Waals surface area contributed by atoms with E-state index in [9.17, 15) is 4.39 Å². The molecule has 2 heterocycles. The third kappa shape index (κ3) is 2.58. The van der Waals surface area contributed by atoms with Crippen molar-refractivity contribution >= 4 is 0 Å². The highest BCUT2D eigenvalue weighted by Gasteiger charge is 2.35. The minimum Gasteiger partial charge on any atom is -0.316 e. The van der Waals surface area contributed by atoms with Gasteiger partial charge < -0.3 is 5.32 Å². The number of hydrogen-bond donors (Lipinski definition) is 1. The second-order valence-corrected chi connectivity index (χ2v) is 4.88. The van der Waals surface area contributed by atoms with E-state index >= 15 is 0 Å². The molecule has 2 atom stereocenters. The molecule has 1 saturated heterocycles. The van der Waals surface area contributed by atoms with E-state index in [1.165, 1.54) is 0 Å². The van der Waals surface area contributed by atoms with Crippen LogP contribution in [-0.4, -0.2) is 33.8 Å². The first-order valence-corrected chi connectivity index (χ1v) is 5.83. The molecule has 1 aliphatic heterocycles. The molecule has 16 heavy (non-hydrogen) atoms. The van der Waals surface area contributed by atoms with Gasteiger partial charge in [-0.1, -0.05) is 5.21 Å². The molecule has 0 bridgehead atoms. The van der Waals surface area contributed by atoms with E-state index in [1.807, 2.05) is 0 Å². The summed E-state index contributed by atoms with van der Waals surface area (Å²) in [6, 6.07) is 0. The lowest BCUT2D eigenvalue weighted by atomic mass is 9.82. The lowest BCUT2D eigenvalue weighted by molar-refractivity contribution is 0.0823. The summed E-state index contributed by atoms with van der Waals surface area (Å²) in [7, 11) is 1.80. The normalized spacial score (nSPS) is 25.3. The van der Waals surface area contributed by atoms with Gasteiger partial charge in [-0.15, -0.1) is 5.10 Å². The summed E-state index contributed by atoms with van der Waals surface area (Å²) in [6.45, 7) is 3.46. The molecule has 0 radical (unpaired) electrons. The summed E-state index contributed by atoms with van der Waals surface area (Å²) in [4.78, 5) is 0. The molecule has 0 saturated carbocycles. The third-order valence-electron chi connectivity index (χ3n) is 3.32. The van der Waals surface area contributed by atoms with Gasteiger partial charge in [0.25, 0.3) is 0 Å². The zero-order valence-electron chi connectivity index (χ0n) is 9.91. The summed E-state index contributed by atoms with van der Waals surface area (Å²) < 4.78 is 16.2. The molecule has 5 heteroatoms. The monoisotopic (exact) mass is 226 g/mol. The molecule has 2 unspecified atom stereocenters. The highest BCUT2D eigenvalue weighted by atomic mass is 19.1. The average molecular weight is 226 g/mol. The molecular formula is C11H19FN4. The maximum absolute atomic E-state index is 14.6. The Morgan fingerprint density at radius 2 is 2.50 bits per heavy atom. The highest BCUT2D eigenvalue weighted by molar-refractivity contribution is 5.01. The van der Waals surface area contributed by atoms with Gasteiger partial charge in [-0.3, -0.25) is 4.68 Å². The van der Waals surface area contributed by atoms with Gasteiger partial charge in [0.15, 0.2) is 0 Å². The van der Waals surface area contributed by atoms with Crippen LogP contribution in [0.1, 0.15) is 25.5 Å². The van der Waals surface area contributed by atoms with Gasteiger partial charge in [-0.2, -0.15) is 0 Å². The average Bonchev–Trinajstić information content (AvgIpc) is 2.64. The molecule has 1 aromatic heterocycles. The van der Waals surface area contributed by atoms with Gasteiger partial charge in [0.1, 0.15) is 5.67 Å². The van der Waals surface area contributed by atoms with Crippen molar-refractivity contribution in [3.8, 4) is 0 Å². The van der Waals surface area contributed by atoms with E-state index in [4.69, 9.17) is 0 Å². The maximum atomic E-state index is 14.6. The topological polar surface area (TPSA) is 42.7 Å². The van der Waals surface area contributed by atoms with Crippen LogP contribution >= 0.6 is 0 Å². The molecule has 0 aromatic carbocycles. The van der Waals surface area contributed by atoms with Crippen molar-refractivity contribution in [2.75, 3.05) is 13.1 Å². The van der Waals surface area contributed by atoms with E-state index in [1.54, 1.807) is 24.9 Å². The molecule has 1 aliphatic rings. The molecule has 90 valence electrons. The van der Waals surface area contributed by atoms with Crippen LogP contribution in [0.3, 0.4) is 0 Å². The largest absolute Gasteiger partial charge is 0.316 e. The predicted octanol–water partition coefficient (Wildman–Crippen LogP) is 1.09. The van der Waals surface area contributed by atoms with E-state index in [-0.39, 0.29) is 5.92 Å². The number of rotatable bonds is 3. The van der Waals surface area contributed by atoms with Crippen molar-refractivity contribution in [1.29, 1.82) is 0 Å². The SMILES string of the molecule is Cn1cc(CC(C)(F)C2CCCNC2)nn1. The van der Waals surface area contributed by atoms with Gasteiger partial charge in [0, 0.05) is 32.1 Å². The van der Waals surface area contributed by atoms with Crippen LogP contribution in [0.25, 0.3) is 0 Å². The number of aryl methyl sites for hydroxylation is 1. The number of halogens is 1. The second kappa shape index (κ2) is 4.49. The molecule has 1 N–H and O–H groups in total. The minimum atomic E-state index is -1.19. The number of hydrogen-bond acceptors (Lipinski definition) is 3. The Balaban J connectivity index is 2.00. The zero-order chi connectivity index (χ0) is 11.6. The van der Waals surface area contributed by atoms with Gasteiger partial charge in [-0.25, -0.2) is 4.39 Å². The lowest BCUT2D eigenvalue weighted by Crippen LogP contribution is -2.42. The molecule has 1 fully saturated rings. The number of aromatic nitrogens is 3. The van der Waals surface area contributed by atoms with Gasteiger partial charge in [0.2, 0.25) is 0 Å². The van der Waals surface area contributed by atoms with Crippen LogP contribution in [0.4, 0.5) is 4.39 Å². The Hall–Kier alpha value is -0.970. The van der Waals surface area contributed by atoms with Crippen molar-refractivity contribution in [2.45, 2.75) is 31.9 Å². The first-order chi connectivity index (χ1) is 7.58. The van der Waals surface area contributed by atoms with Crippen molar-refractivity contribution in [2.24, 2.45) is 13.0 Å². The Bertz CT molecular complexity index is 342. The lowest BCUT2D eigenvalue weighted by Gasteiger charge is -2.33.